The first-order valence-corrected chi connectivity index (χ1v) is 10.5. The van der Waals surface area contributed by atoms with E-state index in [1.54, 1.807) is 10.6 Å². The summed E-state index contributed by atoms with van der Waals surface area (Å²) in [6.45, 7) is 8.27. The highest BCUT2D eigenvalue weighted by Crippen LogP contribution is 2.35. The van der Waals surface area contributed by atoms with E-state index in [0.29, 0.717) is 16.5 Å². The fraction of sp³-hybridized carbons (Fsp3) is 0.619. The molecule has 0 aliphatic carbocycles. The van der Waals surface area contributed by atoms with Crippen LogP contribution in [-0.4, -0.2) is 15.2 Å². The molecule has 0 radical (unpaired) electrons. The van der Waals surface area contributed by atoms with E-state index in [0.717, 1.165) is 41.3 Å². The number of primary amides is 1. The zero-order valence-corrected chi connectivity index (χ0v) is 17.7. The molecule has 0 saturated carbocycles. The van der Waals surface area contributed by atoms with Gasteiger partial charge < -0.3 is 5.73 Å². The molecule has 0 spiro atoms. The molecular formula is C21H32ClN3O2. The summed E-state index contributed by atoms with van der Waals surface area (Å²) >= 11 is 6.39. The number of unbranched alkanes of at least 4 members (excludes halogenated alkanes) is 3. The molecule has 1 aromatic heterocycles. The molecule has 0 fully saturated rings. The molecule has 5 nitrogen and oxygen atoms in total. The molecule has 27 heavy (non-hydrogen) atoms. The molecule has 0 saturated heterocycles. The van der Waals surface area contributed by atoms with Gasteiger partial charge in [-0.2, -0.15) is 0 Å². The average Bonchev–Trinajstić information content (AvgIpc) is 2.88. The first-order valence-electron chi connectivity index (χ1n) is 10.1. The van der Waals surface area contributed by atoms with Crippen LogP contribution in [-0.2, 0) is 0 Å². The number of nitrogens with zero attached hydrogens (tertiary/aromatic N) is 2. The van der Waals surface area contributed by atoms with Crippen molar-refractivity contribution in [3.63, 3.8) is 0 Å². The van der Waals surface area contributed by atoms with Crippen LogP contribution in [0.4, 0.5) is 4.79 Å². The Morgan fingerprint density at radius 2 is 1.81 bits per heavy atom. The molecule has 150 valence electrons. The lowest BCUT2D eigenvalue weighted by atomic mass is 9.88. The molecular weight excluding hydrogens is 362 g/mol. The van der Waals surface area contributed by atoms with Gasteiger partial charge in [-0.15, -0.1) is 0 Å². The standard InChI is InChI=1S/C21H32ClN3O2/c1-5-7-8-9-11-15(10-6-2)17-12-16(22)13-18-19(17)24(14(3)4)21(27)25(18)20(23)26/h12-15H,5-11H2,1-4H3,(H2,23,26). The lowest BCUT2D eigenvalue weighted by Gasteiger charge is -2.20. The number of benzene rings is 1. The van der Waals surface area contributed by atoms with Crippen molar-refractivity contribution in [1.82, 2.24) is 9.13 Å². The highest BCUT2D eigenvalue weighted by Gasteiger charge is 2.24. The second-order valence-corrected chi connectivity index (χ2v) is 8.05. The molecule has 2 aromatic rings. The first-order chi connectivity index (χ1) is 12.8. The Labute approximate surface area is 166 Å². The number of carbonyl (C=O) groups excluding carboxylic acids is 1. The van der Waals surface area contributed by atoms with Gasteiger partial charge >= 0.3 is 11.7 Å². The predicted molar refractivity (Wildman–Crippen MR) is 113 cm³/mol. The molecule has 0 aliphatic rings. The maximum absolute atomic E-state index is 12.9. The van der Waals surface area contributed by atoms with Crippen molar-refractivity contribution >= 4 is 28.7 Å². The second kappa shape index (κ2) is 9.45. The van der Waals surface area contributed by atoms with Gasteiger partial charge in [0, 0.05) is 11.1 Å². The monoisotopic (exact) mass is 393 g/mol. The van der Waals surface area contributed by atoms with E-state index in [-0.39, 0.29) is 6.04 Å². The highest BCUT2D eigenvalue weighted by atomic mass is 35.5. The van der Waals surface area contributed by atoms with Crippen LogP contribution in [0.25, 0.3) is 11.0 Å². The van der Waals surface area contributed by atoms with E-state index >= 15 is 0 Å². The lowest BCUT2D eigenvalue weighted by molar-refractivity contribution is 0.250. The van der Waals surface area contributed by atoms with Gasteiger partial charge in [0.25, 0.3) is 0 Å². The molecule has 0 bridgehead atoms. The molecule has 1 atom stereocenters. The van der Waals surface area contributed by atoms with Crippen LogP contribution in [0, 0.1) is 0 Å². The van der Waals surface area contributed by atoms with Crippen molar-refractivity contribution in [2.24, 2.45) is 5.73 Å². The van der Waals surface area contributed by atoms with Crippen LogP contribution in [0.15, 0.2) is 16.9 Å². The third-order valence-corrected chi connectivity index (χ3v) is 5.40. The van der Waals surface area contributed by atoms with Crippen LogP contribution in [0.2, 0.25) is 5.02 Å². The van der Waals surface area contributed by atoms with Crippen LogP contribution in [0.5, 0.6) is 0 Å². The van der Waals surface area contributed by atoms with Gasteiger partial charge in [-0.1, -0.05) is 57.6 Å². The zero-order valence-electron chi connectivity index (χ0n) is 16.9. The van der Waals surface area contributed by atoms with E-state index in [4.69, 9.17) is 17.3 Å². The highest BCUT2D eigenvalue weighted by molar-refractivity contribution is 6.31. The predicted octanol–water partition coefficient (Wildman–Crippen LogP) is 5.82. The Hall–Kier alpha value is -1.75. The van der Waals surface area contributed by atoms with Crippen molar-refractivity contribution in [2.45, 2.75) is 84.6 Å². The number of rotatable bonds is 9. The van der Waals surface area contributed by atoms with Gasteiger partial charge in [-0.05, 0) is 50.3 Å². The number of nitrogens with two attached hydrogens (primary N) is 1. The Morgan fingerprint density at radius 1 is 1.11 bits per heavy atom. The number of carbonyl (C=O) groups is 1. The van der Waals surface area contributed by atoms with E-state index in [9.17, 15) is 9.59 Å². The quantitative estimate of drug-likeness (QED) is 0.545. The topological polar surface area (TPSA) is 70.0 Å². The Balaban J connectivity index is 2.68. The number of fused-ring (bicyclic) bond motifs is 1. The largest absolute Gasteiger partial charge is 0.351 e. The number of amides is 1. The molecule has 1 unspecified atom stereocenters. The SMILES string of the molecule is CCCCCCC(CCC)c1cc(Cl)cc2c1n(C(C)C)c(=O)n2C(N)=O. The Kier molecular flexibility index (Phi) is 7.54. The number of halogens is 1. The summed E-state index contributed by atoms with van der Waals surface area (Å²) in [4.78, 5) is 24.9. The van der Waals surface area contributed by atoms with Crippen molar-refractivity contribution in [2.75, 3.05) is 0 Å². The molecule has 1 amide bonds. The molecule has 2 rings (SSSR count). The third kappa shape index (κ3) is 4.57. The van der Waals surface area contributed by atoms with Gasteiger partial charge in [-0.25, -0.2) is 14.2 Å². The summed E-state index contributed by atoms with van der Waals surface area (Å²) < 4.78 is 2.73. The number of hydrogen-bond acceptors (Lipinski definition) is 2. The van der Waals surface area contributed by atoms with Crippen LogP contribution < -0.4 is 11.4 Å². The summed E-state index contributed by atoms with van der Waals surface area (Å²) in [6.07, 6.45) is 7.92. The van der Waals surface area contributed by atoms with Crippen LogP contribution in [0.3, 0.4) is 0 Å². The average molecular weight is 394 g/mol. The summed E-state index contributed by atoms with van der Waals surface area (Å²) in [6, 6.07) is 2.79. The Bertz CT molecular complexity index is 851. The zero-order chi connectivity index (χ0) is 20.1. The fourth-order valence-electron chi connectivity index (χ4n) is 3.97. The summed E-state index contributed by atoms with van der Waals surface area (Å²) in [7, 11) is 0. The third-order valence-electron chi connectivity index (χ3n) is 5.18. The fourth-order valence-corrected chi connectivity index (χ4v) is 4.19. The van der Waals surface area contributed by atoms with Gasteiger partial charge in [0.2, 0.25) is 0 Å². The van der Waals surface area contributed by atoms with E-state index in [2.05, 4.69) is 13.8 Å². The summed E-state index contributed by atoms with van der Waals surface area (Å²) in [5, 5.41) is 0.531. The van der Waals surface area contributed by atoms with Gasteiger partial charge in [-0.3, -0.25) is 4.57 Å². The van der Waals surface area contributed by atoms with Crippen molar-refractivity contribution in [3.05, 3.63) is 33.2 Å². The minimum Gasteiger partial charge on any atom is -0.351 e. The number of imidazole rings is 1. The van der Waals surface area contributed by atoms with E-state index in [1.165, 1.54) is 19.3 Å². The van der Waals surface area contributed by atoms with Crippen molar-refractivity contribution in [3.8, 4) is 0 Å². The molecule has 0 aliphatic heterocycles. The van der Waals surface area contributed by atoms with Gasteiger partial charge in [0.15, 0.2) is 0 Å². The second-order valence-electron chi connectivity index (χ2n) is 7.62. The van der Waals surface area contributed by atoms with Gasteiger partial charge in [0.05, 0.1) is 11.0 Å². The van der Waals surface area contributed by atoms with Crippen molar-refractivity contribution in [1.29, 1.82) is 0 Å². The molecule has 1 aromatic carbocycles. The van der Waals surface area contributed by atoms with Crippen molar-refractivity contribution < 1.29 is 4.79 Å². The number of aromatic nitrogens is 2. The van der Waals surface area contributed by atoms with Crippen LogP contribution >= 0.6 is 11.6 Å². The van der Waals surface area contributed by atoms with E-state index in [1.807, 2.05) is 19.9 Å². The van der Waals surface area contributed by atoms with E-state index < -0.39 is 11.7 Å². The lowest BCUT2D eigenvalue weighted by Crippen LogP contribution is -2.33. The molecule has 6 heteroatoms. The Morgan fingerprint density at radius 3 is 2.37 bits per heavy atom. The van der Waals surface area contributed by atoms with Crippen LogP contribution in [0.1, 0.15) is 90.2 Å². The summed E-state index contributed by atoms with van der Waals surface area (Å²) in [5.74, 6) is 0.307. The normalized spacial score (nSPS) is 12.8. The minimum absolute atomic E-state index is 0.0807. The maximum atomic E-state index is 12.9. The maximum Gasteiger partial charge on any atom is 0.337 e. The van der Waals surface area contributed by atoms with Gasteiger partial charge in [0.1, 0.15) is 0 Å². The summed E-state index contributed by atoms with van der Waals surface area (Å²) in [5.41, 5.74) is 7.49. The minimum atomic E-state index is -0.771. The smallest absolute Gasteiger partial charge is 0.337 e. The molecule has 1 heterocycles. The molecule has 2 N–H and O–H groups in total. The number of hydrogen-bond donors (Lipinski definition) is 1. The first kappa shape index (κ1) is 21.5.